The number of rotatable bonds is 8. The number of aliphatic hydroxyl groups excluding tert-OH is 9. The lowest BCUT2D eigenvalue weighted by Crippen LogP contribution is -2.68. The van der Waals surface area contributed by atoms with Crippen molar-refractivity contribution in [3.8, 4) is 0 Å². The first-order valence-corrected chi connectivity index (χ1v) is 16.7. The van der Waals surface area contributed by atoms with Crippen molar-refractivity contribution in [3.05, 3.63) is 0 Å². The van der Waals surface area contributed by atoms with Crippen LogP contribution in [0.1, 0.15) is 73.1 Å². The predicted octanol–water partition coefficient (Wildman–Crippen LogP) is -1.47. The highest BCUT2D eigenvalue weighted by atomic mass is 16.7. The summed E-state index contributed by atoms with van der Waals surface area (Å²) in [7, 11) is 0. The molecule has 3 saturated heterocycles. The Kier molecular flexibility index (Phi) is 10.6. The summed E-state index contributed by atoms with van der Waals surface area (Å²) in [6, 6.07) is 0. The lowest BCUT2D eigenvalue weighted by atomic mass is 9.43. The third-order valence-electron chi connectivity index (χ3n) is 12.5. The molecule has 3 heterocycles. The minimum atomic E-state index is -1.60. The molecule has 5 rings (SSSR count). The molecule has 5 aliphatic rings. The largest absolute Gasteiger partial charge is 0.394 e. The molecule has 0 aromatic carbocycles. The standard InChI is InChI=1S/C32H56O14/c1-29(2)17-6-10-31(4)18(30(17,3)9-8-19(29)44-27-25(40)23(38)21(36)15(12-33)42-27)7-11-32(5,46-31)20(14-35)45-28-26(41)24(39)22(37)16(13-34)43-28/h15-28,33-41H,6-14H2,1-5H3. The van der Waals surface area contributed by atoms with E-state index in [9.17, 15) is 46.0 Å². The summed E-state index contributed by atoms with van der Waals surface area (Å²) in [6.07, 6.45) is -10.9. The molecule has 5 fully saturated rings. The van der Waals surface area contributed by atoms with E-state index >= 15 is 0 Å². The molecule has 0 aromatic rings. The maximum Gasteiger partial charge on any atom is 0.187 e. The van der Waals surface area contributed by atoms with Crippen molar-refractivity contribution in [3.63, 3.8) is 0 Å². The molecule has 17 atom stereocenters. The van der Waals surface area contributed by atoms with Gasteiger partial charge in [-0.3, -0.25) is 0 Å². The molecule has 0 amide bonds. The number of aliphatic hydroxyl groups is 9. The Morgan fingerprint density at radius 1 is 0.652 bits per heavy atom. The highest BCUT2D eigenvalue weighted by Gasteiger charge is 2.65. The van der Waals surface area contributed by atoms with Crippen molar-refractivity contribution in [2.45, 2.75) is 158 Å². The van der Waals surface area contributed by atoms with Crippen LogP contribution in [0.25, 0.3) is 0 Å². The Labute approximate surface area is 270 Å². The van der Waals surface area contributed by atoms with Gasteiger partial charge in [0.1, 0.15) is 54.9 Å². The van der Waals surface area contributed by atoms with E-state index in [1.807, 2.05) is 6.92 Å². The fraction of sp³-hybridized carbons (Fsp3) is 1.00. The average Bonchev–Trinajstić information content (AvgIpc) is 3.00. The Hall–Kier alpha value is -0.560. The van der Waals surface area contributed by atoms with Gasteiger partial charge in [-0.05, 0) is 75.0 Å². The van der Waals surface area contributed by atoms with Gasteiger partial charge in [0.15, 0.2) is 12.6 Å². The zero-order valence-corrected chi connectivity index (χ0v) is 27.5. The van der Waals surface area contributed by atoms with E-state index in [1.165, 1.54) is 0 Å². The maximum atomic E-state index is 10.6. The maximum absolute atomic E-state index is 10.6. The average molecular weight is 665 g/mol. The third kappa shape index (κ3) is 6.08. The second kappa shape index (κ2) is 13.3. The molecule has 3 aliphatic heterocycles. The van der Waals surface area contributed by atoms with Crippen molar-refractivity contribution < 1.29 is 69.6 Å². The monoisotopic (exact) mass is 664 g/mol. The third-order valence-corrected chi connectivity index (χ3v) is 12.5. The summed E-state index contributed by atoms with van der Waals surface area (Å²) in [4.78, 5) is 0. The quantitative estimate of drug-likeness (QED) is 0.135. The summed E-state index contributed by atoms with van der Waals surface area (Å²) in [5.74, 6) is 0.347. The van der Waals surface area contributed by atoms with Crippen molar-refractivity contribution in [2.24, 2.45) is 22.7 Å². The van der Waals surface area contributed by atoms with E-state index in [1.54, 1.807) is 0 Å². The first-order chi connectivity index (χ1) is 21.5. The molecular weight excluding hydrogens is 608 g/mol. The van der Waals surface area contributed by atoms with Crippen LogP contribution in [0.2, 0.25) is 0 Å². The SMILES string of the molecule is CC1(C(CO)OC2OC(CO)C(O)C(O)C2O)CCC2C(C)(CCC3C(C)(C)C(OC4OC(CO)C(O)C(O)C4O)CCC23C)O1. The fourth-order valence-electron chi connectivity index (χ4n) is 9.79. The van der Waals surface area contributed by atoms with Crippen molar-refractivity contribution in [1.82, 2.24) is 0 Å². The second-order valence-electron chi connectivity index (χ2n) is 15.6. The Bertz CT molecular complexity index is 1040. The minimum Gasteiger partial charge on any atom is -0.394 e. The molecule has 46 heavy (non-hydrogen) atoms. The summed E-state index contributed by atoms with van der Waals surface area (Å²) in [6.45, 7) is 9.00. The van der Waals surface area contributed by atoms with Crippen LogP contribution < -0.4 is 0 Å². The van der Waals surface area contributed by atoms with E-state index in [0.717, 1.165) is 19.3 Å². The van der Waals surface area contributed by atoms with Crippen LogP contribution in [0.4, 0.5) is 0 Å². The summed E-state index contributed by atoms with van der Waals surface area (Å²) in [5, 5.41) is 91.8. The van der Waals surface area contributed by atoms with Gasteiger partial charge < -0.3 is 69.6 Å². The Morgan fingerprint density at radius 3 is 1.76 bits per heavy atom. The van der Waals surface area contributed by atoms with E-state index in [-0.39, 0.29) is 28.8 Å². The summed E-state index contributed by atoms with van der Waals surface area (Å²) >= 11 is 0. The summed E-state index contributed by atoms with van der Waals surface area (Å²) in [5.41, 5.74) is -2.07. The zero-order valence-electron chi connectivity index (χ0n) is 27.5. The van der Waals surface area contributed by atoms with Gasteiger partial charge in [0, 0.05) is 0 Å². The van der Waals surface area contributed by atoms with Gasteiger partial charge in [-0.15, -0.1) is 0 Å². The first kappa shape index (κ1) is 36.7. The smallest absolute Gasteiger partial charge is 0.187 e. The highest BCUT2D eigenvalue weighted by Crippen LogP contribution is 2.66. The molecule has 0 spiro atoms. The Morgan fingerprint density at radius 2 is 1.20 bits per heavy atom. The van der Waals surface area contributed by atoms with Gasteiger partial charge >= 0.3 is 0 Å². The van der Waals surface area contributed by atoms with Crippen LogP contribution in [0, 0.1) is 22.7 Å². The molecular formula is C32H56O14. The molecule has 2 saturated carbocycles. The number of hydrogen-bond acceptors (Lipinski definition) is 14. The first-order valence-electron chi connectivity index (χ1n) is 16.7. The topological polar surface area (TPSA) is 228 Å². The second-order valence-corrected chi connectivity index (χ2v) is 15.6. The normalized spacial score (nSPS) is 53.2. The molecule has 0 aromatic heterocycles. The molecule has 17 unspecified atom stereocenters. The fourth-order valence-corrected chi connectivity index (χ4v) is 9.79. The van der Waals surface area contributed by atoms with Crippen LogP contribution in [0.15, 0.2) is 0 Å². The van der Waals surface area contributed by atoms with Crippen molar-refractivity contribution >= 4 is 0 Å². The molecule has 0 bridgehead atoms. The van der Waals surface area contributed by atoms with Crippen LogP contribution in [0.3, 0.4) is 0 Å². The van der Waals surface area contributed by atoms with Crippen molar-refractivity contribution in [2.75, 3.05) is 19.8 Å². The number of hydrogen-bond donors (Lipinski definition) is 9. The van der Waals surface area contributed by atoms with Crippen LogP contribution in [-0.2, 0) is 23.7 Å². The van der Waals surface area contributed by atoms with E-state index in [0.29, 0.717) is 19.3 Å². The van der Waals surface area contributed by atoms with Gasteiger partial charge in [-0.2, -0.15) is 0 Å². The van der Waals surface area contributed by atoms with E-state index in [2.05, 4.69) is 27.7 Å². The van der Waals surface area contributed by atoms with Gasteiger partial charge in [-0.1, -0.05) is 20.8 Å². The lowest BCUT2D eigenvalue weighted by Gasteiger charge is -2.67. The lowest BCUT2D eigenvalue weighted by molar-refractivity contribution is -0.352. The van der Waals surface area contributed by atoms with Gasteiger partial charge in [0.05, 0.1) is 37.1 Å². The molecule has 2 aliphatic carbocycles. The minimum absolute atomic E-state index is 0.144. The molecule has 14 nitrogen and oxygen atoms in total. The van der Waals surface area contributed by atoms with Crippen LogP contribution in [-0.4, -0.2) is 151 Å². The number of ether oxygens (including phenoxy) is 5. The summed E-state index contributed by atoms with van der Waals surface area (Å²) < 4.78 is 30.6. The van der Waals surface area contributed by atoms with Gasteiger partial charge in [0.25, 0.3) is 0 Å². The van der Waals surface area contributed by atoms with Gasteiger partial charge in [0.2, 0.25) is 0 Å². The molecule has 0 radical (unpaired) electrons. The zero-order chi connectivity index (χ0) is 34.0. The van der Waals surface area contributed by atoms with E-state index < -0.39 is 98.5 Å². The van der Waals surface area contributed by atoms with Crippen molar-refractivity contribution in [1.29, 1.82) is 0 Å². The highest BCUT2D eigenvalue weighted by molar-refractivity contribution is 5.13. The van der Waals surface area contributed by atoms with Gasteiger partial charge in [-0.25, -0.2) is 0 Å². The predicted molar refractivity (Wildman–Crippen MR) is 159 cm³/mol. The van der Waals surface area contributed by atoms with Crippen LogP contribution >= 0.6 is 0 Å². The van der Waals surface area contributed by atoms with Crippen LogP contribution in [0.5, 0.6) is 0 Å². The van der Waals surface area contributed by atoms with E-state index in [4.69, 9.17) is 23.7 Å². The Balaban J connectivity index is 1.30. The molecule has 14 heteroatoms. The molecule has 9 N–H and O–H groups in total. The molecule has 268 valence electrons. The number of fused-ring (bicyclic) bond motifs is 3.